The number of methoxy groups -OCH3 is 1. The van der Waals surface area contributed by atoms with Crippen LogP contribution in [0.4, 0.5) is 16.2 Å². The number of benzene rings is 2. The molecule has 0 radical (unpaired) electrons. The Kier molecular flexibility index (Phi) is 5.41. The van der Waals surface area contributed by atoms with Gasteiger partial charge in [0.15, 0.2) is 0 Å². The first-order valence-corrected chi connectivity index (χ1v) is 7.92. The predicted molar refractivity (Wildman–Crippen MR) is 96.1 cm³/mol. The summed E-state index contributed by atoms with van der Waals surface area (Å²) in [4.78, 5) is 8.59. The highest BCUT2D eigenvalue weighted by atomic mass is 19.1. The molecule has 0 atom stereocenters. The molecule has 0 bridgehead atoms. The summed E-state index contributed by atoms with van der Waals surface area (Å²) in [5, 5.41) is 6.28. The fourth-order valence-corrected chi connectivity index (χ4v) is 2.29. The summed E-state index contributed by atoms with van der Waals surface area (Å²) in [5.74, 6) is 1.73. The molecule has 25 heavy (non-hydrogen) atoms. The average molecular weight is 338 g/mol. The molecule has 0 spiro atoms. The van der Waals surface area contributed by atoms with E-state index >= 15 is 0 Å². The molecule has 1 aromatic heterocycles. The Morgan fingerprint density at radius 2 is 1.76 bits per heavy atom. The Labute approximate surface area is 145 Å². The van der Waals surface area contributed by atoms with Crippen molar-refractivity contribution in [2.75, 3.05) is 17.7 Å². The van der Waals surface area contributed by atoms with Crippen LogP contribution in [0.5, 0.6) is 5.75 Å². The number of anilines is 2. The first-order valence-electron chi connectivity index (χ1n) is 7.92. The van der Waals surface area contributed by atoms with Gasteiger partial charge in [0.1, 0.15) is 17.4 Å². The normalized spacial score (nSPS) is 10.3. The van der Waals surface area contributed by atoms with Crippen LogP contribution in [-0.2, 0) is 13.1 Å². The van der Waals surface area contributed by atoms with Gasteiger partial charge in [-0.3, -0.25) is 0 Å². The molecule has 0 aliphatic rings. The molecule has 0 unspecified atom stereocenters. The van der Waals surface area contributed by atoms with E-state index in [-0.39, 0.29) is 5.82 Å². The third-order valence-corrected chi connectivity index (χ3v) is 3.68. The van der Waals surface area contributed by atoms with Gasteiger partial charge in [0.2, 0.25) is 5.95 Å². The molecule has 2 N–H and O–H groups in total. The van der Waals surface area contributed by atoms with Crippen LogP contribution in [0.2, 0.25) is 0 Å². The van der Waals surface area contributed by atoms with E-state index in [1.807, 2.05) is 30.3 Å². The number of ether oxygens (including phenoxy) is 1. The van der Waals surface area contributed by atoms with Crippen molar-refractivity contribution in [3.8, 4) is 5.75 Å². The fraction of sp³-hybridized carbons (Fsp3) is 0.158. The second-order valence-electron chi connectivity index (χ2n) is 5.41. The zero-order valence-electron chi connectivity index (χ0n) is 13.9. The minimum atomic E-state index is -0.234. The number of halogens is 1. The van der Waals surface area contributed by atoms with E-state index in [9.17, 15) is 4.39 Å². The Morgan fingerprint density at radius 1 is 0.960 bits per heavy atom. The molecule has 3 rings (SSSR count). The SMILES string of the molecule is COc1ccc(CNc2nccc(NCc3ccccc3F)n2)cc1. The lowest BCUT2D eigenvalue weighted by atomic mass is 10.2. The number of hydrogen-bond donors (Lipinski definition) is 2. The standard InChI is InChI=1S/C19H19FN4O/c1-25-16-8-6-14(7-9-16)12-23-19-21-11-10-18(24-19)22-13-15-4-2-3-5-17(15)20/h2-11H,12-13H2,1H3,(H2,21,22,23,24). The highest BCUT2D eigenvalue weighted by Crippen LogP contribution is 2.14. The van der Waals surface area contributed by atoms with Gasteiger partial charge in [-0.15, -0.1) is 0 Å². The van der Waals surface area contributed by atoms with Gasteiger partial charge in [0, 0.05) is 24.8 Å². The Hall–Kier alpha value is -3.15. The topological polar surface area (TPSA) is 59.1 Å². The number of rotatable bonds is 7. The summed E-state index contributed by atoms with van der Waals surface area (Å²) in [6.45, 7) is 0.961. The van der Waals surface area contributed by atoms with Crippen LogP contribution in [0.25, 0.3) is 0 Å². The predicted octanol–water partition coefficient (Wildman–Crippen LogP) is 3.85. The quantitative estimate of drug-likeness (QED) is 0.685. The van der Waals surface area contributed by atoms with E-state index in [0.717, 1.165) is 11.3 Å². The lowest BCUT2D eigenvalue weighted by Crippen LogP contribution is -2.07. The van der Waals surface area contributed by atoms with Crippen molar-refractivity contribution in [3.63, 3.8) is 0 Å². The monoisotopic (exact) mass is 338 g/mol. The average Bonchev–Trinajstić information content (AvgIpc) is 2.66. The van der Waals surface area contributed by atoms with Crippen LogP contribution >= 0.6 is 0 Å². The van der Waals surface area contributed by atoms with Crippen LogP contribution in [0.3, 0.4) is 0 Å². The summed E-state index contributed by atoms with van der Waals surface area (Å²) >= 11 is 0. The molecule has 2 aromatic carbocycles. The summed E-state index contributed by atoms with van der Waals surface area (Å²) in [7, 11) is 1.64. The molecule has 0 amide bonds. The van der Waals surface area contributed by atoms with Gasteiger partial charge in [-0.25, -0.2) is 9.37 Å². The molecule has 0 fully saturated rings. The Balaban J connectivity index is 1.58. The van der Waals surface area contributed by atoms with E-state index in [0.29, 0.717) is 30.4 Å². The van der Waals surface area contributed by atoms with Gasteiger partial charge in [-0.05, 0) is 29.8 Å². The van der Waals surface area contributed by atoms with Crippen molar-refractivity contribution in [1.29, 1.82) is 0 Å². The molecule has 3 aromatic rings. The zero-order valence-corrected chi connectivity index (χ0v) is 13.9. The summed E-state index contributed by atoms with van der Waals surface area (Å²) in [5.41, 5.74) is 1.68. The third kappa shape index (κ3) is 4.67. The van der Waals surface area contributed by atoms with Crippen molar-refractivity contribution in [2.45, 2.75) is 13.1 Å². The molecule has 5 nitrogen and oxygen atoms in total. The van der Waals surface area contributed by atoms with Crippen LogP contribution < -0.4 is 15.4 Å². The molecular formula is C19H19FN4O. The lowest BCUT2D eigenvalue weighted by Gasteiger charge is -2.09. The van der Waals surface area contributed by atoms with E-state index in [2.05, 4.69) is 20.6 Å². The summed E-state index contributed by atoms with van der Waals surface area (Å²) in [6.07, 6.45) is 1.66. The molecule has 0 saturated carbocycles. The van der Waals surface area contributed by atoms with E-state index < -0.39 is 0 Å². The zero-order chi connectivity index (χ0) is 17.5. The highest BCUT2D eigenvalue weighted by Gasteiger charge is 2.03. The number of nitrogens with one attached hydrogen (secondary N) is 2. The smallest absolute Gasteiger partial charge is 0.224 e. The number of aromatic nitrogens is 2. The lowest BCUT2D eigenvalue weighted by molar-refractivity contribution is 0.414. The summed E-state index contributed by atoms with van der Waals surface area (Å²) in [6, 6.07) is 16.2. The van der Waals surface area contributed by atoms with E-state index in [4.69, 9.17) is 4.74 Å². The largest absolute Gasteiger partial charge is 0.497 e. The van der Waals surface area contributed by atoms with Crippen molar-refractivity contribution in [1.82, 2.24) is 9.97 Å². The molecule has 1 heterocycles. The maximum absolute atomic E-state index is 13.6. The number of nitrogens with zero attached hydrogens (tertiary/aromatic N) is 2. The van der Waals surface area contributed by atoms with Crippen molar-refractivity contribution in [2.24, 2.45) is 0 Å². The highest BCUT2D eigenvalue weighted by molar-refractivity contribution is 5.41. The fourth-order valence-electron chi connectivity index (χ4n) is 2.29. The number of hydrogen-bond acceptors (Lipinski definition) is 5. The Bertz CT molecular complexity index is 824. The van der Waals surface area contributed by atoms with E-state index in [1.54, 1.807) is 31.5 Å². The van der Waals surface area contributed by atoms with Gasteiger partial charge in [-0.1, -0.05) is 30.3 Å². The van der Waals surface area contributed by atoms with Gasteiger partial charge in [0.05, 0.1) is 7.11 Å². The van der Waals surface area contributed by atoms with Gasteiger partial charge in [-0.2, -0.15) is 4.98 Å². The van der Waals surface area contributed by atoms with Crippen LogP contribution in [0.15, 0.2) is 60.8 Å². The molecular weight excluding hydrogens is 319 g/mol. The molecule has 6 heteroatoms. The first kappa shape index (κ1) is 16.7. The van der Waals surface area contributed by atoms with Gasteiger partial charge in [0.25, 0.3) is 0 Å². The molecule has 0 aliphatic heterocycles. The minimum absolute atomic E-state index is 0.234. The van der Waals surface area contributed by atoms with Crippen molar-refractivity contribution in [3.05, 3.63) is 77.7 Å². The first-order chi connectivity index (χ1) is 12.2. The van der Waals surface area contributed by atoms with Crippen LogP contribution in [-0.4, -0.2) is 17.1 Å². The van der Waals surface area contributed by atoms with Crippen LogP contribution in [0.1, 0.15) is 11.1 Å². The molecule has 128 valence electrons. The van der Waals surface area contributed by atoms with Crippen LogP contribution in [0, 0.1) is 5.82 Å². The maximum atomic E-state index is 13.6. The maximum Gasteiger partial charge on any atom is 0.224 e. The van der Waals surface area contributed by atoms with Crippen molar-refractivity contribution < 1.29 is 9.13 Å². The van der Waals surface area contributed by atoms with Gasteiger partial charge >= 0.3 is 0 Å². The summed E-state index contributed by atoms with van der Waals surface area (Å²) < 4.78 is 18.8. The minimum Gasteiger partial charge on any atom is -0.497 e. The second kappa shape index (κ2) is 8.10. The third-order valence-electron chi connectivity index (χ3n) is 3.68. The van der Waals surface area contributed by atoms with E-state index in [1.165, 1.54) is 6.07 Å². The van der Waals surface area contributed by atoms with Gasteiger partial charge < -0.3 is 15.4 Å². The Morgan fingerprint density at radius 3 is 2.52 bits per heavy atom. The van der Waals surface area contributed by atoms with Crippen molar-refractivity contribution >= 4 is 11.8 Å². The second-order valence-corrected chi connectivity index (χ2v) is 5.41. The molecule has 0 saturated heterocycles. The molecule has 0 aliphatic carbocycles.